The summed E-state index contributed by atoms with van der Waals surface area (Å²) in [6, 6.07) is 23.6. The van der Waals surface area contributed by atoms with Crippen molar-refractivity contribution in [1.82, 2.24) is 10.2 Å². The van der Waals surface area contributed by atoms with Crippen LogP contribution in [0.5, 0.6) is 5.75 Å². The van der Waals surface area contributed by atoms with E-state index >= 15 is 0 Å². The molecule has 1 atom stereocenters. The Hall–Kier alpha value is -3.85. The molecule has 42 heavy (non-hydrogen) atoms. The summed E-state index contributed by atoms with van der Waals surface area (Å²) in [5, 5.41) is 3.06. The summed E-state index contributed by atoms with van der Waals surface area (Å²) in [6.45, 7) is 8.09. The number of nitrogens with one attached hydrogen (secondary N) is 1. The monoisotopic (exact) mass is 593 g/mol. The number of methoxy groups -OCH3 is 1. The number of carbonyl (C=O) groups excluding carboxylic acids is 2. The zero-order valence-electron chi connectivity index (χ0n) is 25.5. The fourth-order valence-electron chi connectivity index (χ4n) is 4.67. The van der Waals surface area contributed by atoms with E-state index in [1.165, 1.54) is 11.4 Å². The lowest BCUT2D eigenvalue weighted by Gasteiger charge is -2.34. The zero-order chi connectivity index (χ0) is 30.9. The second-order valence-corrected chi connectivity index (χ2v) is 13.5. The van der Waals surface area contributed by atoms with Gasteiger partial charge in [-0.1, -0.05) is 66.2 Å². The Morgan fingerprint density at radius 3 is 2.19 bits per heavy atom. The third-order valence-electron chi connectivity index (χ3n) is 6.74. The second kappa shape index (κ2) is 14.4. The summed E-state index contributed by atoms with van der Waals surface area (Å²) in [5.74, 6) is 0.0794. The lowest BCUT2D eigenvalue weighted by atomic mass is 10.00. The van der Waals surface area contributed by atoms with Crippen molar-refractivity contribution in [3.05, 3.63) is 95.6 Å². The molecule has 3 aromatic rings. The van der Waals surface area contributed by atoms with Crippen LogP contribution in [0.1, 0.15) is 50.3 Å². The van der Waals surface area contributed by atoms with Crippen LogP contribution in [-0.2, 0) is 32.6 Å². The Morgan fingerprint density at radius 1 is 0.929 bits per heavy atom. The number of aryl methyl sites for hydroxylation is 1. The maximum Gasteiger partial charge on any atom is 0.243 e. The van der Waals surface area contributed by atoms with Crippen LogP contribution in [-0.4, -0.2) is 56.6 Å². The quantitative estimate of drug-likeness (QED) is 0.297. The highest BCUT2D eigenvalue weighted by molar-refractivity contribution is 7.92. The van der Waals surface area contributed by atoms with Crippen LogP contribution < -0.4 is 14.4 Å². The minimum atomic E-state index is -3.62. The second-order valence-electron chi connectivity index (χ2n) is 11.6. The summed E-state index contributed by atoms with van der Waals surface area (Å²) >= 11 is 0. The number of hydrogen-bond donors (Lipinski definition) is 1. The van der Waals surface area contributed by atoms with Crippen LogP contribution in [0.4, 0.5) is 5.69 Å². The van der Waals surface area contributed by atoms with Crippen LogP contribution in [0.2, 0.25) is 0 Å². The lowest BCUT2D eigenvalue weighted by molar-refractivity contribution is -0.142. The maximum absolute atomic E-state index is 13.9. The average molecular weight is 594 g/mol. The molecule has 0 spiro atoms. The van der Waals surface area contributed by atoms with Gasteiger partial charge < -0.3 is 15.0 Å². The Kier molecular flexibility index (Phi) is 11.2. The normalized spacial score (nSPS) is 12.3. The van der Waals surface area contributed by atoms with Crippen molar-refractivity contribution in [2.75, 3.05) is 24.2 Å². The van der Waals surface area contributed by atoms with Crippen molar-refractivity contribution >= 4 is 27.5 Å². The number of ether oxygens (including phenoxy) is 1. The van der Waals surface area contributed by atoms with Crippen molar-refractivity contribution in [1.29, 1.82) is 0 Å². The van der Waals surface area contributed by atoms with Crippen LogP contribution in [0.15, 0.2) is 78.9 Å². The van der Waals surface area contributed by atoms with Gasteiger partial charge in [0.2, 0.25) is 21.8 Å². The van der Waals surface area contributed by atoms with Gasteiger partial charge >= 0.3 is 0 Å². The molecule has 2 amide bonds. The summed E-state index contributed by atoms with van der Waals surface area (Å²) in [4.78, 5) is 29.3. The van der Waals surface area contributed by atoms with Gasteiger partial charge in [0.25, 0.3) is 0 Å². The van der Waals surface area contributed by atoms with Crippen molar-refractivity contribution in [3.63, 3.8) is 0 Å². The third kappa shape index (κ3) is 9.91. The molecule has 9 heteroatoms. The van der Waals surface area contributed by atoms with E-state index in [0.29, 0.717) is 17.9 Å². The minimum absolute atomic E-state index is 0.0654. The molecule has 8 nitrogen and oxygen atoms in total. The number of amides is 2. The van der Waals surface area contributed by atoms with Gasteiger partial charge in [-0.05, 0) is 57.4 Å². The molecule has 0 fully saturated rings. The Balaban J connectivity index is 1.90. The van der Waals surface area contributed by atoms with Gasteiger partial charge in [0, 0.05) is 37.5 Å². The van der Waals surface area contributed by atoms with E-state index in [9.17, 15) is 18.0 Å². The molecule has 226 valence electrons. The van der Waals surface area contributed by atoms with E-state index in [-0.39, 0.29) is 37.7 Å². The van der Waals surface area contributed by atoms with Crippen molar-refractivity contribution in [2.24, 2.45) is 0 Å². The molecular formula is C33H43N3O5S. The summed E-state index contributed by atoms with van der Waals surface area (Å²) in [6.07, 6.45) is 1.83. The summed E-state index contributed by atoms with van der Waals surface area (Å²) < 4.78 is 31.9. The predicted octanol–water partition coefficient (Wildman–Crippen LogP) is 5.10. The molecule has 0 aliphatic heterocycles. The lowest BCUT2D eigenvalue weighted by Crippen LogP contribution is -2.54. The first-order chi connectivity index (χ1) is 19.8. The number of sulfonamides is 1. The van der Waals surface area contributed by atoms with Gasteiger partial charge in [-0.2, -0.15) is 0 Å². The van der Waals surface area contributed by atoms with E-state index in [1.54, 1.807) is 29.2 Å². The van der Waals surface area contributed by atoms with Gasteiger partial charge in [0.15, 0.2) is 0 Å². The standard InChI is InChI=1S/C33H43N3O5S/c1-25-17-19-27(20-18-25)24-35(30(32(38)34-33(2,3)4)22-26-12-8-7-9-13-26)31(37)16-11-21-36(42(6,39)40)28-14-10-15-29(23-28)41-5/h7-10,12-15,17-20,23,30H,11,16,21-22,24H2,1-6H3,(H,34,38)/t30-/m0/s1. The number of anilines is 1. The number of nitrogens with zero attached hydrogens (tertiary/aromatic N) is 2. The molecule has 0 unspecified atom stereocenters. The highest BCUT2D eigenvalue weighted by Gasteiger charge is 2.32. The van der Waals surface area contributed by atoms with Gasteiger partial charge in [0.05, 0.1) is 19.1 Å². The minimum Gasteiger partial charge on any atom is -0.497 e. The van der Waals surface area contributed by atoms with E-state index in [4.69, 9.17) is 4.74 Å². The van der Waals surface area contributed by atoms with Crippen molar-refractivity contribution in [3.8, 4) is 5.75 Å². The molecule has 0 bridgehead atoms. The SMILES string of the molecule is COc1cccc(N(CCCC(=O)N(Cc2ccc(C)cc2)[C@@H](Cc2ccccc2)C(=O)NC(C)(C)C)S(C)(=O)=O)c1. The molecule has 1 N–H and O–H groups in total. The number of hydrogen-bond acceptors (Lipinski definition) is 5. The fourth-order valence-corrected chi connectivity index (χ4v) is 5.62. The molecule has 0 aliphatic carbocycles. The summed E-state index contributed by atoms with van der Waals surface area (Å²) in [7, 11) is -2.10. The summed E-state index contributed by atoms with van der Waals surface area (Å²) in [5.41, 5.74) is 2.92. The molecule has 0 radical (unpaired) electrons. The highest BCUT2D eigenvalue weighted by atomic mass is 32.2. The Bertz CT molecular complexity index is 1430. The van der Waals surface area contributed by atoms with E-state index < -0.39 is 21.6 Å². The molecule has 0 aromatic heterocycles. The third-order valence-corrected chi connectivity index (χ3v) is 7.93. The first kappa shape index (κ1) is 32.7. The molecular weight excluding hydrogens is 550 g/mol. The molecule has 0 saturated carbocycles. The average Bonchev–Trinajstić information content (AvgIpc) is 2.92. The van der Waals surface area contributed by atoms with Crippen LogP contribution >= 0.6 is 0 Å². The van der Waals surface area contributed by atoms with Gasteiger partial charge in [0.1, 0.15) is 11.8 Å². The fraction of sp³-hybridized carbons (Fsp3) is 0.394. The molecule has 0 saturated heterocycles. The van der Waals surface area contributed by atoms with Crippen LogP contribution in [0.25, 0.3) is 0 Å². The van der Waals surface area contributed by atoms with E-state index in [1.807, 2.05) is 82.3 Å². The predicted molar refractivity (Wildman–Crippen MR) is 168 cm³/mol. The maximum atomic E-state index is 13.9. The largest absolute Gasteiger partial charge is 0.497 e. The zero-order valence-corrected chi connectivity index (χ0v) is 26.3. The number of carbonyl (C=O) groups is 2. The first-order valence-electron chi connectivity index (χ1n) is 14.1. The Labute approximate surface area is 250 Å². The van der Waals surface area contributed by atoms with Crippen LogP contribution in [0.3, 0.4) is 0 Å². The molecule has 0 aliphatic rings. The van der Waals surface area contributed by atoms with E-state index in [2.05, 4.69) is 5.32 Å². The molecule has 3 aromatic carbocycles. The van der Waals surface area contributed by atoms with Crippen molar-refractivity contribution < 1.29 is 22.7 Å². The molecule has 3 rings (SSSR count). The number of rotatable bonds is 13. The van der Waals surface area contributed by atoms with Gasteiger partial charge in [-0.15, -0.1) is 0 Å². The topological polar surface area (TPSA) is 96.0 Å². The van der Waals surface area contributed by atoms with Gasteiger partial charge in [-0.3, -0.25) is 13.9 Å². The molecule has 0 heterocycles. The van der Waals surface area contributed by atoms with Crippen molar-refractivity contribution in [2.45, 2.75) is 65.1 Å². The van der Waals surface area contributed by atoms with Crippen LogP contribution in [0, 0.1) is 6.92 Å². The highest BCUT2D eigenvalue weighted by Crippen LogP contribution is 2.24. The smallest absolute Gasteiger partial charge is 0.243 e. The number of benzene rings is 3. The van der Waals surface area contributed by atoms with Gasteiger partial charge in [-0.25, -0.2) is 8.42 Å². The Morgan fingerprint density at radius 2 is 1.60 bits per heavy atom. The van der Waals surface area contributed by atoms with E-state index in [0.717, 1.165) is 22.9 Å². The first-order valence-corrected chi connectivity index (χ1v) is 15.9.